The van der Waals surface area contributed by atoms with Gasteiger partial charge in [-0.3, -0.25) is 4.79 Å². The van der Waals surface area contributed by atoms with Crippen molar-refractivity contribution in [2.45, 2.75) is 45.4 Å². The molecule has 7 nitrogen and oxygen atoms in total. The van der Waals surface area contributed by atoms with Crippen LogP contribution >= 0.6 is 0 Å². The normalized spacial score (nSPS) is 12.1. The Morgan fingerprint density at radius 2 is 1.78 bits per heavy atom. The fourth-order valence-corrected chi connectivity index (χ4v) is 1.65. The molecule has 1 aromatic rings. The van der Waals surface area contributed by atoms with Crippen molar-refractivity contribution < 1.29 is 29.0 Å². The second kappa shape index (κ2) is 8.17. The van der Waals surface area contributed by atoms with E-state index in [2.05, 4.69) is 5.32 Å². The molecule has 0 spiro atoms. The van der Waals surface area contributed by atoms with E-state index in [-0.39, 0.29) is 6.61 Å². The molecule has 0 aliphatic rings. The third kappa shape index (κ3) is 7.85. The molecule has 0 heterocycles. The van der Waals surface area contributed by atoms with Gasteiger partial charge in [-0.05, 0) is 26.3 Å². The number of carbonyl (C=O) groups excluding carboxylic acids is 3. The van der Waals surface area contributed by atoms with Crippen LogP contribution in [0.2, 0.25) is 0 Å². The molecule has 0 saturated carbocycles. The number of aliphatic carboxylic acids is 1. The second-order valence-corrected chi connectivity index (χ2v) is 5.87. The molecule has 126 valence electrons. The third-order valence-electron chi connectivity index (χ3n) is 2.58. The van der Waals surface area contributed by atoms with Crippen LogP contribution in [0.15, 0.2) is 30.3 Å². The number of esters is 1. The summed E-state index contributed by atoms with van der Waals surface area (Å²) in [4.78, 5) is 34.3. The number of alkyl carbamates (subject to hydrolysis) is 1. The lowest BCUT2D eigenvalue weighted by Gasteiger charge is -2.23. The Kier molecular flexibility index (Phi) is 6.56. The van der Waals surface area contributed by atoms with Crippen LogP contribution in [0.3, 0.4) is 0 Å². The predicted molar refractivity (Wildman–Crippen MR) is 79.0 cm³/mol. The maximum atomic E-state index is 11.6. The number of rotatable bonds is 6. The Bertz CT molecular complexity index is 549. The number of hydrogen-bond acceptors (Lipinski definition) is 6. The van der Waals surface area contributed by atoms with Gasteiger partial charge in [-0.2, -0.15) is 0 Å². The van der Waals surface area contributed by atoms with Crippen LogP contribution in [0.5, 0.6) is 0 Å². The first-order chi connectivity index (χ1) is 10.7. The Balaban J connectivity index is 2.50. The Morgan fingerprint density at radius 3 is 2.30 bits per heavy atom. The number of hydrogen-bond donors (Lipinski definition) is 1. The molecule has 0 radical (unpaired) electrons. The van der Waals surface area contributed by atoms with Crippen LogP contribution in [0.4, 0.5) is 4.79 Å². The van der Waals surface area contributed by atoms with Crippen molar-refractivity contribution in [3.8, 4) is 0 Å². The van der Waals surface area contributed by atoms with Gasteiger partial charge < -0.3 is 24.7 Å². The number of carboxylic acids is 1. The van der Waals surface area contributed by atoms with Crippen molar-refractivity contribution in [2.75, 3.05) is 0 Å². The van der Waals surface area contributed by atoms with Crippen LogP contribution in [0.1, 0.15) is 32.8 Å². The minimum atomic E-state index is -1.59. The fourth-order valence-electron chi connectivity index (χ4n) is 1.65. The number of ether oxygens (including phenoxy) is 2. The van der Waals surface area contributed by atoms with E-state index in [0.717, 1.165) is 5.56 Å². The van der Waals surface area contributed by atoms with E-state index in [1.165, 1.54) is 0 Å². The maximum Gasteiger partial charge on any atom is 0.408 e. The average Bonchev–Trinajstić information content (AvgIpc) is 2.43. The Morgan fingerprint density at radius 1 is 1.17 bits per heavy atom. The van der Waals surface area contributed by atoms with Gasteiger partial charge in [-0.15, -0.1) is 0 Å². The number of benzene rings is 1. The van der Waals surface area contributed by atoms with Crippen LogP contribution < -0.4 is 10.4 Å². The fraction of sp³-hybridized carbons (Fsp3) is 0.438. The summed E-state index contributed by atoms with van der Waals surface area (Å²) in [6, 6.07) is 7.37. The van der Waals surface area contributed by atoms with E-state index >= 15 is 0 Å². The standard InChI is InChI=1S/C16H21NO6/c1-16(2,3)23-13(18)9-12(14(19)20)17-15(21)22-10-11-7-5-4-6-8-11/h4-8,12H,9-10H2,1-3H3,(H,17,21)(H,19,20)/p-1/t12-/m0/s1. The number of nitrogens with one attached hydrogen (secondary N) is 1. The summed E-state index contributed by atoms with van der Waals surface area (Å²) in [5, 5.41) is 13.1. The molecular weight excluding hydrogens is 302 g/mol. The molecule has 23 heavy (non-hydrogen) atoms. The molecule has 0 aliphatic carbocycles. The first-order valence-electron chi connectivity index (χ1n) is 7.07. The molecule has 1 atom stereocenters. The SMILES string of the molecule is CC(C)(C)OC(=O)C[C@H](NC(=O)OCc1ccccc1)C(=O)[O-]. The lowest BCUT2D eigenvalue weighted by atomic mass is 10.1. The molecule has 7 heteroatoms. The average molecular weight is 322 g/mol. The Hall–Kier alpha value is -2.57. The number of carbonyl (C=O) groups is 3. The van der Waals surface area contributed by atoms with E-state index in [9.17, 15) is 19.5 Å². The molecule has 0 fully saturated rings. The van der Waals surface area contributed by atoms with E-state index < -0.39 is 36.1 Å². The largest absolute Gasteiger partial charge is 0.548 e. The van der Waals surface area contributed by atoms with Crippen LogP contribution in [-0.2, 0) is 25.7 Å². The quantitative estimate of drug-likeness (QED) is 0.775. The van der Waals surface area contributed by atoms with Gasteiger partial charge in [0.1, 0.15) is 12.2 Å². The summed E-state index contributed by atoms with van der Waals surface area (Å²) >= 11 is 0. The molecule has 0 aromatic heterocycles. The monoisotopic (exact) mass is 322 g/mol. The summed E-state index contributed by atoms with van der Waals surface area (Å²) in [6.07, 6.45) is -1.49. The highest BCUT2D eigenvalue weighted by Crippen LogP contribution is 2.09. The molecule has 0 saturated heterocycles. The zero-order valence-corrected chi connectivity index (χ0v) is 13.3. The molecule has 1 aromatic carbocycles. The van der Waals surface area contributed by atoms with E-state index in [1.807, 2.05) is 6.07 Å². The van der Waals surface area contributed by atoms with Crippen molar-refractivity contribution in [3.05, 3.63) is 35.9 Å². The lowest BCUT2D eigenvalue weighted by molar-refractivity contribution is -0.308. The van der Waals surface area contributed by atoms with Gasteiger partial charge in [0, 0.05) is 0 Å². The van der Waals surface area contributed by atoms with Crippen molar-refractivity contribution in [3.63, 3.8) is 0 Å². The number of carboxylic acid groups (broad SMARTS) is 1. The van der Waals surface area contributed by atoms with Gasteiger partial charge in [0.2, 0.25) is 0 Å². The highest BCUT2D eigenvalue weighted by atomic mass is 16.6. The number of amides is 1. The van der Waals surface area contributed by atoms with Crippen molar-refractivity contribution in [2.24, 2.45) is 0 Å². The zero-order valence-electron chi connectivity index (χ0n) is 13.3. The molecule has 0 bridgehead atoms. The van der Waals surface area contributed by atoms with Crippen LogP contribution in [-0.4, -0.2) is 29.7 Å². The molecule has 1 rings (SSSR count). The minimum absolute atomic E-state index is 0.0150. The molecule has 1 amide bonds. The summed E-state index contributed by atoms with van der Waals surface area (Å²) < 4.78 is 9.91. The van der Waals surface area contributed by atoms with Gasteiger partial charge in [0.05, 0.1) is 18.4 Å². The summed E-state index contributed by atoms with van der Waals surface area (Å²) in [6.45, 7) is 4.94. The van der Waals surface area contributed by atoms with Gasteiger partial charge in [-0.25, -0.2) is 4.79 Å². The van der Waals surface area contributed by atoms with Gasteiger partial charge in [-0.1, -0.05) is 30.3 Å². The molecule has 0 aliphatic heterocycles. The van der Waals surface area contributed by atoms with Crippen LogP contribution in [0, 0.1) is 0 Å². The van der Waals surface area contributed by atoms with E-state index in [4.69, 9.17) is 9.47 Å². The van der Waals surface area contributed by atoms with Gasteiger partial charge in [0.25, 0.3) is 0 Å². The van der Waals surface area contributed by atoms with Crippen molar-refractivity contribution in [1.82, 2.24) is 5.32 Å². The highest BCUT2D eigenvalue weighted by molar-refractivity contribution is 5.84. The van der Waals surface area contributed by atoms with E-state index in [1.54, 1.807) is 45.0 Å². The summed E-state index contributed by atoms with van der Waals surface area (Å²) in [5.74, 6) is -2.34. The highest BCUT2D eigenvalue weighted by Gasteiger charge is 2.23. The molecule has 0 unspecified atom stereocenters. The van der Waals surface area contributed by atoms with Crippen molar-refractivity contribution in [1.29, 1.82) is 0 Å². The summed E-state index contributed by atoms with van der Waals surface area (Å²) in [7, 11) is 0. The molecule has 1 N–H and O–H groups in total. The van der Waals surface area contributed by atoms with Crippen LogP contribution in [0.25, 0.3) is 0 Å². The summed E-state index contributed by atoms with van der Waals surface area (Å²) in [5.41, 5.74) is 0.00118. The Labute approximate surface area is 134 Å². The minimum Gasteiger partial charge on any atom is -0.548 e. The maximum absolute atomic E-state index is 11.6. The van der Waals surface area contributed by atoms with Gasteiger partial charge >= 0.3 is 12.1 Å². The van der Waals surface area contributed by atoms with E-state index in [0.29, 0.717) is 0 Å². The third-order valence-corrected chi connectivity index (χ3v) is 2.58. The topological polar surface area (TPSA) is 105 Å². The lowest BCUT2D eigenvalue weighted by Crippen LogP contribution is -2.49. The van der Waals surface area contributed by atoms with Crippen molar-refractivity contribution >= 4 is 18.0 Å². The second-order valence-electron chi connectivity index (χ2n) is 5.87. The molecular formula is C16H20NO6-. The van der Waals surface area contributed by atoms with Gasteiger partial charge in [0.15, 0.2) is 0 Å². The first-order valence-corrected chi connectivity index (χ1v) is 7.07. The zero-order chi connectivity index (χ0) is 17.5. The smallest absolute Gasteiger partial charge is 0.408 e. The first kappa shape index (κ1) is 18.5. The predicted octanol–water partition coefficient (Wildman–Crippen LogP) is 0.763.